The smallest absolute Gasteiger partial charge is 0.224 e. The minimum atomic E-state index is -0.997. The van der Waals surface area contributed by atoms with Crippen LogP contribution in [0.3, 0.4) is 0 Å². The van der Waals surface area contributed by atoms with Crippen molar-refractivity contribution in [3.05, 3.63) is 65.2 Å². The molecule has 2 aromatic carbocycles. The third-order valence-electron chi connectivity index (χ3n) is 4.41. The number of nitrogens with one attached hydrogen (secondary N) is 1. The Morgan fingerprint density at radius 3 is 2.83 bits per heavy atom. The van der Waals surface area contributed by atoms with Gasteiger partial charge in [0, 0.05) is 0 Å². The van der Waals surface area contributed by atoms with E-state index >= 15 is 0 Å². The molecular formula is C19H21NO3. The fourth-order valence-corrected chi connectivity index (χ4v) is 3.24. The Kier molecular flexibility index (Phi) is 4.35. The number of benzene rings is 2. The molecule has 120 valence electrons. The highest BCUT2D eigenvalue weighted by Crippen LogP contribution is 2.34. The van der Waals surface area contributed by atoms with Gasteiger partial charge in [0.2, 0.25) is 5.91 Å². The van der Waals surface area contributed by atoms with Crippen LogP contribution in [0.4, 0.5) is 0 Å². The maximum atomic E-state index is 12.1. The average Bonchev–Trinajstić information content (AvgIpc) is 2.54. The predicted octanol–water partition coefficient (Wildman–Crippen LogP) is 2.28. The van der Waals surface area contributed by atoms with Crippen LogP contribution in [0.1, 0.15) is 29.5 Å². The second-order valence-electron chi connectivity index (χ2n) is 6.17. The molecule has 0 radical (unpaired) electrons. The molecule has 1 atom stereocenters. The number of aryl methyl sites for hydroxylation is 1. The summed E-state index contributed by atoms with van der Waals surface area (Å²) in [4.78, 5) is 12.1. The summed E-state index contributed by atoms with van der Waals surface area (Å²) in [5.41, 5.74) is 1.83. The summed E-state index contributed by atoms with van der Waals surface area (Å²) < 4.78 is 0. The van der Waals surface area contributed by atoms with Gasteiger partial charge in [-0.25, -0.2) is 0 Å². The van der Waals surface area contributed by atoms with Crippen LogP contribution >= 0.6 is 0 Å². The maximum absolute atomic E-state index is 12.1. The first-order chi connectivity index (χ1) is 11.1. The van der Waals surface area contributed by atoms with E-state index in [1.165, 1.54) is 0 Å². The number of phenolic OH excluding ortho intramolecular Hbond substituents is 1. The summed E-state index contributed by atoms with van der Waals surface area (Å²) in [6, 6.07) is 14.5. The summed E-state index contributed by atoms with van der Waals surface area (Å²) in [6.45, 7) is 0.210. The molecule has 0 saturated heterocycles. The molecule has 1 unspecified atom stereocenters. The van der Waals surface area contributed by atoms with Gasteiger partial charge in [0.05, 0.1) is 13.0 Å². The third-order valence-corrected chi connectivity index (χ3v) is 4.41. The number of phenols is 1. The molecule has 4 nitrogen and oxygen atoms in total. The first kappa shape index (κ1) is 15.6. The molecule has 0 aromatic heterocycles. The third kappa shape index (κ3) is 3.54. The first-order valence-corrected chi connectivity index (χ1v) is 7.92. The molecule has 0 heterocycles. The van der Waals surface area contributed by atoms with Crippen LogP contribution in [0.2, 0.25) is 0 Å². The Balaban J connectivity index is 1.65. The molecule has 1 amide bonds. The van der Waals surface area contributed by atoms with Gasteiger partial charge in [0.1, 0.15) is 11.4 Å². The molecule has 23 heavy (non-hydrogen) atoms. The zero-order valence-electron chi connectivity index (χ0n) is 13.0. The fourth-order valence-electron chi connectivity index (χ4n) is 3.24. The number of aliphatic hydroxyl groups is 1. The Morgan fingerprint density at radius 1 is 1.17 bits per heavy atom. The molecule has 0 saturated carbocycles. The number of hydrogen-bond donors (Lipinski definition) is 3. The van der Waals surface area contributed by atoms with E-state index in [2.05, 4.69) is 5.32 Å². The van der Waals surface area contributed by atoms with Crippen molar-refractivity contribution in [2.45, 2.75) is 31.3 Å². The van der Waals surface area contributed by atoms with Crippen LogP contribution < -0.4 is 5.32 Å². The Labute approximate surface area is 135 Å². The molecule has 0 aliphatic heterocycles. The monoisotopic (exact) mass is 311 g/mol. The number of carbonyl (C=O) groups is 1. The van der Waals surface area contributed by atoms with E-state index in [9.17, 15) is 15.0 Å². The summed E-state index contributed by atoms with van der Waals surface area (Å²) in [6.07, 6.45) is 2.72. The van der Waals surface area contributed by atoms with E-state index in [1.54, 1.807) is 24.3 Å². The molecule has 3 rings (SSSR count). The highest BCUT2D eigenvalue weighted by molar-refractivity contribution is 5.78. The van der Waals surface area contributed by atoms with Gasteiger partial charge in [-0.2, -0.15) is 0 Å². The highest BCUT2D eigenvalue weighted by atomic mass is 16.3. The lowest BCUT2D eigenvalue weighted by Crippen LogP contribution is -2.43. The minimum Gasteiger partial charge on any atom is -0.508 e. The molecule has 0 spiro atoms. The normalized spacial score (nSPS) is 19.9. The van der Waals surface area contributed by atoms with Gasteiger partial charge in [-0.05, 0) is 48.1 Å². The molecule has 1 aliphatic rings. The molecule has 0 bridgehead atoms. The number of rotatable bonds is 4. The van der Waals surface area contributed by atoms with Gasteiger partial charge in [0.15, 0.2) is 0 Å². The van der Waals surface area contributed by atoms with Gasteiger partial charge in [0.25, 0.3) is 0 Å². The van der Waals surface area contributed by atoms with Crippen molar-refractivity contribution in [1.82, 2.24) is 5.32 Å². The standard InChI is InChI=1S/C19H21NO3/c21-16-8-3-5-14(11-16)12-18(22)20-13-19(23)10-4-7-15-6-1-2-9-17(15)19/h1-3,5-6,8-9,11,21,23H,4,7,10,12-13H2,(H,20,22). The van der Waals surface area contributed by atoms with Crippen LogP contribution in [0, 0.1) is 0 Å². The first-order valence-electron chi connectivity index (χ1n) is 7.92. The Bertz CT molecular complexity index is 713. The van der Waals surface area contributed by atoms with E-state index in [-0.39, 0.29) is 24.6 Å². The van der Waals surface area contributed by atoms with Gasteiger partial charge in [-0.3, -0.25) is 4.79 Å². The molecular weight excluding hydrogens is 290 g/mol. The van der Waals surface area contributed by atoms with Crippen molar-refractivity contribution in [3.63, 3.8) is 0 Å². The largest absolute Gasteiger partial charge is 0.508 e. The molecule has 1 aliphatic carbocycles. The number of fused-ring (bicyclic) bond motifs is 1. The lowest BCUT2D eigenvalue weighted by atomic mass is 9.79. The second-order valence-corrected chi connectivity index (χ2v) is 6.17. The predicted molar refractivity (Wildman–Crippen MR) is 88.1 cm³/mol. The minimum absolute atomic E-state index is 0.148. The van der Waals surface area contributed by atoms with Gasteiger partial charge >= 0.3 is 0 Å². The quantitative estimate of drug-likeness (QED) is 0.811. The molecule has 0 fully saturated rings. The highest BCUT2D eigenvalue weighted by Gasteiger charge is 2.34. The zero-order chi connectivity index (χ0) is 16.3. The Morgan fingerprint density at radius 2 is 2.00 bits per heavy atom. The van der Waals surface area contributed by atoms with Crippen LogP contribution in [0.25, 0.3) is 0 Å². The summed E-state index contributed by atoms with van der Waals surface area (Å²) in [5.74, 6) is -0.0118. The van der Waals surface area contributed by atoms with E-state index in [0.29, 0.717) is 6.42 Å². The van der Waals surface area contributed by atoms with E-state index in [0.717, 1.165) is 29.5 Å². The van der Waals surface area contributed by atoms with Gasteiger partial charge < -0.3 is 15.5 Å². The topological polar surface area (TPSA) is 69.6 Å². The number of carbonyl (C=O) groups excluding carboxylic acids is 1. The second kappa shape index (κ2) is 6.42. The molecule has 2 aromatic rings. The van der Waals surface area contributed by atoms with Crippen molar-refractivity contribution in [2.75, 3.05) is 6.54 Å². The summed E-state index contributed by atoms with van der Waals surface area (Å²) in [7, 11) is 0. The summed E-state index contributed by atoms with van der Waals surface area (Å²) >= 11 is 0. The van der Waals surface area contributed by atoms with Crippen molar-refractivity contribution < 1.29 is 15.0 Å². The van der Waals surface area contributed by atoms with Crippen molar-refractivity contribution in [3.8, 4) is 5.75 Å². The number of amides is 1. The molecule has 3 N–H and O–H groups in total. The van der Waals surface area contributed by atoms with Crippen molar-refractivity contribution in [1.29, 1.82) is 0 Å². The van der Waals surface area contributed by atoms with Crippen LogP contribution in [0.5, 0.6) is 5.75 Å². The van der Waals surface area contributed by atoms with Crippen molar-refractivity contribution in [2.24, 2.45) is 0 Å². The lowest BCUT2D eigenvalue weighted by molar-refractivity contribution is -0.122. The van der Waals surface area contributed by atoms with Crippen LogP contribution in [-0.4, -0.2) is 22.7 Å². The van der Waals surface area contributed by atoms with Gasteiger partial charge in [-0.1, -0.05) is 36.4 Å². The van der Waals surface area contributed by atoms with E-state index in [1.807, 2.05) is 24.3 Å². The van der Waals surface area contributed by atoms with Crippen LogP contribution in [-0.2, 0) is 23.2 Å². The molecule has 4 heteroatoms. The average molecular weight is 311 g/mol. The maximum Gasteiger partial charge on any atom is 0.224 e. The van der Waals surface area contributed by atoms with Crippen LogP contribution in [0.15, 0.2) is 48.5 Å². The zero-order valence-corrected chi connectivity index (χ0v) is 13.0. The SMILES string of the molecule is O=C(Cc1cccc(O)c1)NCC1(O)CCCc2ccccc21. The number of aromatic hydroxyl groups is 1. The van der Waals surface area contributed by atoms with E-state index in [4.69, 9.17) is 0 Å². The van der Waals surface area contributed by atoms with Crippen molar-refractivity contribution >= 4 is 5.91 Å². The lowest BCUT2D eigenvalue weighted by Gasteiger charge is -2.34. The van der Waals surface area contributed by atoms with Gasteiger partial charge in [-0.15, -0.1) is 0 Å². The van der Waals surface area contributed by atoms with E-state index < -0.39 is 5.60 Å². The Hall–Kier alpha value is -2.33. The number of hydrogen-bond acceptors (Lipinski definition) is 3. The summed E-state index contributed by atoms with van der Waals surface area (Å²) in [5, 5.41) is 23.2. The fraction of sp³-hybridized carbons (Fsp3) is 0.316.